The number of nitrogens with one attached hydrogen (secondary N) is 2. The Labute approximate surface area is 130 Å². The number of thiophene rings is 1. The van der Waals surface area contributed by atoms with Crippen molar-refractivity contribution in [3.8, 4) is 0 Å². The highest BCUT2D eigenvalue weighted by molar-refractivity contribution is 7.18. The van der Waals surface area contributed by atoms with Crippen LogP contribution in [0.5, 0.6) is 0 Å². The second-order valence-electron chi connectivity index (χ2n) is 5.18. The summed E-state index contributed by atoms with van der Waals surface area (Å²) >= 11 is 1.58. The fraction of sp³-hybridized carbons (Fsp3) is 0.188. The van der Waals surface area contributed by atoms with Crippen LogP contribution in [-0.2, 0) is 12.8 Å². The molecule has 4 aromatic rings. The molecule has 22 heavy (non-hydrogen) atoms. The first-order chi connectivity index (χ1) is 10.7. The molecule has 3 aromatic heterocycles. The number of aromatic amines is 2. The van der Waals surface area contributed by atoms with Crippen molar-refractivity contribution in [2.75, 3.05) is 0 Å². The molecule has 0 amide bonds. The Bertz CT molecular complexity index is 994. The third kappa shape index (κ3) is 2.21. The second-order valence-corrected chi connectivity index (χ2v) is 6.29. The van der Waals surface area contributed by atoms with Crippen molar-refractivity contribution in [3.05, 3.63) is 57.2 Å². The minimum absolute atomic E-state index is 0.0768. The fourth-order valence-corrected chi connectivity index (χ4v) is 3.52. The monoisotopic (exact) mass is 310 g/mol. The van der Waals surface area contributed by atoms with Crippen LogP contribution < -0.4 is 5.56 Å². The Hall–Kier alpha value is -2.47. The lowest BCUT2D eigenvalue weighted by molar-refractivity contribution is 0.923. The van der Waals surface area contributed by atoms with Gasteiger partial charge in [-0.3, -0.25) is 4.79 Å². The lowest BCUT2D eigenvalue weighted by atomic mass is 10.3. The molecule has 0 atom stereocenters. The van der Waals surface area contributed by atoms with E-state index in [4.69, 9.17) is 0 Å². The molecule has 4 rings (SSSR count). The minimum atomic E-state index is -0.0768. The molecule has 3 heterocycles. The van der Waals surface area contributed by atoms with Crippen LogP contribution in [0.2, 0.25) is 0 Å². The predicted molar refractivity (Wildman–Crippen MR) is 88.5 cm³/mol. The molecule has 0 saturated heterocycles. The summed E-state index contributed by atoms with van der Waals surface area (Å²) in [5.41, 5.74) is 1.84. The molecule has 0 saturated carbocycles. The number of benzene rings is 1. The summed E-state index contributed by atoms with van der Waals surface area (Å²) in [4.78, 5) is 29.4. The van der Waals surface area contributed by atoms with Crippen LogP contribution in [0.25, 0.3) is 21.3 Å². The van der Waals surface area contributed by atoms with Gasteiger partial charge in [0, 0.05) is 4.88 Å². The molecule has 0 fully saturated rings. The number of para-hydroxylation sites is 2. The first kappa shape index (κ1) is 13.2. The Morgan fingerprint density at radius 1 is 1.14 bits per heavy atom. The molecule has 5 nitrogen and oxygen atoms in total. The van der Waals surface area contributed by atoms with Crippen molar-refractivity contribution < 1.29 is 0 Å². The molecule has 0 aliphatic heterocycles. The van der Waals surface area contributed by atoms with Crippen LogP contribution in [0.3, 0.4) is 0 Å². The van der Waals surface area contributed by atoms with Gasteiger partial charge in [0.2, 0.25) is 0 Å². The molecule has 110 valence electrons. The van der Waals surface area contributed by atoms with Crippen molar-refractivity contribution >= 4 is 32.6 Å². The Morgan fingerprint density at radius 3 is 2.77 bits per heavy atom. The molecule has 0 radical (unpaired) electrons. The number of H-pyrrole nitrogens is 2. The maximum atomic E-state index is 12.2. The third-order valence-corrected chi connectivity index (χ3v) is 4.80. The normalized spacial score (nSPS) is 11.5. The van der Waals surface area contributed by atoms with Gasteiger partial charge in [-0.05, 0) is 24.6 Å². The van der Waals surface area contributed by atoms with Crippen LogP contribution >= 0.6 is 11.3 Å². The first-order valence-electron chi connectivity index (χ1n) is 7.18. The van der Waals surface area contributed by atoms with E-state index < -0.39 is 0 Å². The number of hydrogen-bond donors (Lipinski definition) is 2. The summed E-state index contributed by atoms with van der Waals surface area (Å²) in [6.07, 6.45) is 1.40. The van der Waals surface area contributed by atoms with E-state index in [0.29, 0.717) is 17.6 Å². The molecular weight excluding hydrogens is 296 g/mol. The van der Waals surface area contributed by atoms with E-state index in [1.165, 1.54) is 4.88 Å². The van der Waals surface area contributed by atoms with Gasteiger partial charge in [0.25, 0.3) is 5.56 Å². The number of rotatable bonds is 3. The topological polar surface area (TPSA) is 74.4 Å². The molecule has 2 N–H and O–H groups in total. The molecule has 6 heteroatoms. The summed E-state index contributed by atoms with van der Waals surface area (Å²) in [6.45, 7) is 2.08. The standard InChI is InChI=1S/C16H14N4OS/c1-2-9-7-10-15(21)19-14(20-16(10)22-9)8-13-17-11-5-3-4-6-12(11)18-13/h3-7H,2,8H2,1H3,(H,17,18)(H,19,20,21). The van der Waals surface area contributed by atoms with Crippen LogP contribution in [0, 0.1) is 0 Å². The van der Waals surface area contributed by atoms with Gasteiger partial charge in [0.05, 0.1) is 22.8 Å². The molecule has 0 spiro atoms. The fourth-order valence-electron chi connectivity index (χ4n) is 2.53. The van der Waals surface area contributed by atoms with Crippen LogP contribution in [0.15, 0.2) is 35.1 Å². The molecule has 1 aromatic carbocycles. The van der Waals surface area contributed by atoms with Crippen molar-refractivity contribution in [2.24, 2.45) is 0 Å². The Morgan fingerprint density at radius 2 is 1.95 bits per heavy atom. The van der Waals surface area contributed by atoms with E-state index in [-0.39, 0.29) is 5.56 Å². The van der Waals surface area contributed by atoms with E-state index in [2.05, 4.69) is 26.9 Å². The largest absolute Gasteiger partial charge is 0.342 e. The van der Waals surface area contributed by atoms with Crippen molar-refractivity contribution in [3.63, 3.8) is 0 Å². The predicted octanol–water partition coefficient (Wildman–Crippen LogP) is 3.01. The van der Waals surface area contributed by atoms with Crippen molar-refractivity contribution in [1.82, 2.24) is 19.9 Å². The van der Waals surface area contributed by atoms with Gasteiger partial charge < -0.3 is 9.97 Å². The van der Waals surface area contributed by atoms with Gasteiger partial charge >= 0.3 is 0 Å². The zero-order chi connectivity index (χ0) is 15.1. The number of imidazole rings is 1. The number of hydrogen-bond acceptors (Lipinski definition) is 4. The van der Waals surface area contributed by atoms with Gasteiger partial charge in [-0.2, -0.15) is 0 Å². The smallest absolute Gasteiger partial charge is 0.259 e. The van der Waals surface area contributed by atoms with Crippen LogP contribution in [0.4, 0.5) is 0 Å². The van der Waals surface area contributed by atoms with E-state index in [1.54, 1.807) is 11.3 Å². The highest BCUT2D eigenvalue weighted by Gasteiger charge is 2.10. The average molecular weight is 310 g/mol. The lowest BCUT2D eigenvalue weighted by Crippen LogP contribution is -2.11. The Balaban J connectivity index is 1.75. The zero-order valence-electron chi connectivity index (χ0n) is 12.0. The summed E-state index contributed by atoms with van der Waals surface area (Å²) in [7, 11) is 0. The first-order valence-corrected chi connectivity index (χ1v) is 8.00. The highest BCUT2D eigenvalue weighted by Crippen LogP contribution is 2.21. The number of aromatic nitrogens is 4. The van der Waals surface area contributed by atoms with E-state index in [1.807, 2.05) is 30.3 Å². The maximum absolute atomic E-state index is 12.2. The molecular formula is C16H14N4OS. The minimum Gasteiger partial charge on any atom is -0.342 e. The van der Waals surface area contributed by atoms with E-state index >= 15 is 0 Å². The lowest BCUT2D eigenvalue weighted by Gasteiger charge is -1.97. The van der Waals surface area contributed by atoms with Gasteiger partial charge in [-0.1, -0.05) is 19.1 Å². The summed E-state index contributed by atoms with van der Waals surface area (Å²) in [5.74, 6) is 1.44. The zero-order valence-corrected chi connectivity index (χ0v) is 12.8. The number of fused-ring (bicyclic) bond motifs is 2. The van der Waals surface area contributed by atoms with E-state index in [0.717, 1.165) is 28.1 Å². The third-order valence-electron chi connectivity index (χ3n) is 3.62. The van der Waals surface area contributed by atoms with Crippen molar-refractivity contribution in [1.29, 1.82) is 0 Å². The van der Waals surface area contributed by atoms with Crippen LogP contribution in [0.1, 0.15) is 23.4 Å². The highest BCUT2D eigenvalue weighted by atomic mass is 32.1. The molecule has 0 bridgehead atoms. The van der Waals surface area contributed by atoms with Gasteiger partial charge in [0.1, 0.15) is 16.5 Å². The van der Waals surface area contributed by atoms with E-state index in [9.17, 15) is 4.79 Å². The maximum Gasteiger partial charge on any atom is 0.259 e. The molecule has 0 unspecified atom stereocenters. The summed E-state index contributed by atoms with van der Waals surface area (Å²) < 4.78 is 0. The Kier molecular flexibility index (Phi) is 3.04. The van der Waals surface area contributed by atoms with Gasteiger partial charge in [-0.25, -0.2) is 9.97 Å². The second kappa shape index (κ2) is 5.06. The van der Waals surface area contributed by atoms with Gasteiger partial charge in [-0.15, -0.1) is 11.3 Å². The van der Waals surface area contributed by atoms with Crippen molar-refractivity contribution in [2.45, 2.75) is 19.8 Å². The molecule has 0 aliphatic rings. The number of nitrogens with zero attached hydrogens (tertiary/aromatic N) is 2. The SMILES string of the molecule is CCc1cc2c(=O)[nH]c(Cc3nc4ccccc4[nH]3)nc2s1. The van der Waals surface area contributed by atoms with Crippen LogP contribution in [-0.4, -0.2) is 19.9 Å². The number of aryl methyl sites for hydroxylation is 1. The van der Waals surface area contributed by atoms with Gasteiger partial charge in [0.15, 0.2) is 0 Å². The average Bonchev–Trinajstić information content (AvgIpc) is 3.10. The summed E-state index contributed by atoms with van der Waals surface area (Å²) in [6, 6.07) is 9.79. The molecule has 0 aliphatic carbocycles. The quantitative estimate of drug-likeness (QED) is 0.611. The summed E-state index contributed by atoms with van der Waals surface area (Å²) in [5, 5.41) is 0.676.